The van der Waals surface area contributed by atoms with E-state index in [0.717, 1.165) is 19.0 Å². The predicted molar refractivity (Wildman–Crippen MR) is 141 cm³/mol. The molecule has 1 aliphatic carbocycles. The summed E-state index contributed by atoms with van der Waals surface area (Å²) in [7, 11) is 15.3. The largest absolute Gasteiger partial charge is 0.482 e. The first kappa shape index (κ1) is 29.0. The van der Waals surface area contributed by atoms with Gasteiger partial charge in [0.15, 0.2) is 33.1 Å². The van der Waals surface area contributed by atoms with Crippen molar-refractivity contribution in [3.05, 3.63) is 59.6 Å². The van der Waals surface area contributed by atoms with Crippen LogP contribution in [0.5, 0.6) is 11.6 Å². The van der Waals surface area contributed by atoms with Crippen molar-refractivity contribution in [3.8, 4) is 23.0 Å². The summed E-state index contributed by atoms with van der Waals surface area (Å²) in [4.78, 5) is 16.7. The number of hydrogen-bond donors (Lipinski definition) is 2. The molecule has 2 heterocycles. The summed E-state index contributed by atoms with van der Waals surface area (Å²) in [6.07, 6.45) is -0.556. The average molecular weight is 552 g/mol. The van der Waals surface area contributed by atoms with Crippen LogP contribution in [-0.4, -0.2) is 65.8 Å². The molecular formula is C25H25B2F3N6O4. The van der Waals surface area contributed by atoms with Gasteiger partial charge in [-0.3, -0.25) is 4.99 Å². The van der Waals surface area contributed by atoms with Gasteiger partial charge < -0.3 is 29.6 Å². The third-order valence-corrected chi connectivity index (χ3v) is 5.90. The van der Waals surface area contributed by atoms with E-state index in [9.17, 15) is 18.3 Å². The molecule has 0 aliphatic heterocycles. The van der Waals surface area contributed by atoms with E-state index < -0.39 is 17.5 Å². The van der Waals surface area contributed by atoms with E-state index in [2.05, 4.69) is 19.9 Å². The van der Waals surface area contributed by atoms with Crippen LogP contribution in [-0.2, 0) is 24.6 Å². The molecule has 206 valence electrons. The molecule has 0 spiro atoms. The molecule has 0 unspecified atom stereocenters. The highest BCUT2D eigenvalue weighted by Crippen LogP contribution is 2.37. The Bertz CT molecular complexity index is 1430. The topological polar surface area (TPSA) is 130 Å². The smallest absolute Gasteiger partial charge is 0.434 e. The van der Waals surface area contributed by atoms with E-state index in [0.29, 0.717) is 22.4 Å². The molecule has 0 bridgehead atoms. The van der Waals surface area contributed by atoms with Crippen molar-refractivity contribution in [1.82, 2.24) is 19.5 Å². The highest BCUT2D eigenvalue weighted by atomic mass is 19.4. The standard InChI is InChI=1S/C25H25B2F3N6O4/c1-32-19(14-8-9-14)18(20(31)38-3)21-33-10-16(40-25(26,27)37)23(35-21)39-12-13-4-6-15(7-5-13)22-34-17(11-36(22)2)24(28,29)30/h4-7,10-11,14,37H,8-9,12,31H2,1-3H3. The van der Waals surface area contributed by atoms with Crippen molar-refractivity contribution in [2.24, 2.45) is 23.7 Å². The van der Waals surface area contributed by atoms with Crippen LogP contribution in [0.2, 0.25) is 0 Å². The van der Waals surface area contributed by atoms with Crippen molar-refractivity contribution in [3.63, 3.8) is 0 Å². The first-order chi connectivity index (χ1) is 18.8. The van der Waals surface area contributed by atoms with Gasteiger partial charge in [-0.25, -0.2) is 9.97 Å². The summed E-state index contributed by atoms with van der Waals surface area (Å²) >= 11 is 0. The van der Waals surface area contributed by atoms with Crippen LogP contribution < -0.4 is 15.2 Å². The zero-order chi connectivity index (χ0) is 29.2. The first-order valence-corrected chi connectivity index (χ1v) is 12.0. The van der Waals surface area contributed by atoms with E-state index in [1.54, 1.807) is 31.3 Å². The van der Waals surface area contributed by atoms with E-state index in [4.69, 9.17) is 35.6 Å². The zero-order valence-corrected chi connectivity index (χ0v) is 21.9. The highest BCUT2D eigenvalue weighted by Gasteiger charge is 2.35. The van der Waals surface area contributed by atoms with Gasteiger partial charge in [-0.15, -0.1) is 0 Å². The highest BCUT2D eigenvalue weighted by molar-refractivity contribution is 6.37. The van der Waals surface area contributed by atoms with E-state index in [1.165, 1.54) is 24.9 Å². The van der Waals surface area contributed by atoms with Crippen LogP contribution in [0.3, 0.4) is 0 Å². The van der Waals surface area contributed by atoms with Crippen molar-refractivity contribution < 1.29 is 32.5 Å². The van der Waals surface area contributed by atoms with Crippen LogP contribution in [0.4, 0.5) is 13.2 Å². The van der Waals surface area contributed by atoms with E-state index in [1.807, 2.05) is 0 Å². The molecule has 0 amide bonds. The van der Waals surface area contributed by atoms with Crippen molar-refractivity contribution in [2.75, 3.05) is 14.2 Å². The summed E-state index contributed by atoms with van der Waals surface area (Å²) in [6, 6.07) is 6.54. The minimum atomic E-state index is -4.55. The number of nitrogens with two attached hydrogens (primary N) is 1. The average Bonchev–Trinajstić information content (AvgIpc) is 3.65. The van der Waals surface area contributed by atoms with Gasteiger partial charge in [0, 0.05) is 31.8 Å². The number of nitrogens with zero attached hydrogens (tertiary/aromatic N) is 5. The molecule has 3 aromatic rings. The lowest BCUT2D eigenvalue weighted by molar-refractivity contribution is -0.140. The fourth-order valence-corrected chi connectivity index (χ4v) is 3.91. The zero-order valence-electron chi connectivity index (χ0n) is 21.9. The number of hydrogen-bond acceptors (Lipinski definition) is 9. The second-order valence-electron chi connectivity index (χ2n) is 9.09. The number of ether oxygens (including phenoxy) is 3. The third kappa shape index (κ3) is 6.76. The maximum atomic E-state index is 13.0. The van der Waals surface area contributed by atoms with E-state index in [-0.39, 0.29) is 41.7 Å². The number of aromatic nitrogens is 4. The third-order valence-electron chi connectivity index (χ3n) is 5.90. The number of rotatable bonds is 10. The number of alkyl halides is 3. The SMILES string of the molecule is [B]C([B])(O)Oc1cnc(C(C(=NC)C2CC2)=C(N)OC)nc1OCc1ccc(-c2nc(C(F)(F)F)cn2C)cc1. The lowest BCUT2D eigenvalue weighted by Gasteiger charge is -2.23. The van der Waals surface area contributed by atoms with Crippen molar-refractivity contribution >= 4 is 27.0 Å². The van der Waals surface area contributed by atoms with Crippen LogP contribution in [0, 0.1) is 5.92 Å². The second-order valence-corrected chi connectivity index (χ2v) is 9.09. The Morgan fingerprint density at radius 3 is 2.40 bits per heavy atom. The number of aliphatic hydroxyl groups is 1. The molecule has 40 heavy (non-hydrogen) atoms. The Kier molecular flexibility index (Phi) is 8.15. The molecule has 10 nitrogen and oxygen atoms in total. The van der Waals surface area contributed by atoms with Crippen LogP contribution in [0.25, 0.3) is 17.0 Å². The van der Waals surface area contributed by atoms with Crippen LogP contribution in [0.15, 0.2) is 47.5 Å². The molecule has 2 aromatic heterocycles. The molecule has 0 saturated heterocycles. The molecular weight excluding hydrogens is 527 g/mol. The van der Waals surface area contributed by atoms with E-state index >= 15 is 0 Å². The van der Waals surface area contributed by atoms with Crippen molar-refractivity contribution in [1.29, 1.82) is 0 Å². The Labute approximate surface area is 230 Å². The van der Waals surface area contributed by atoms with Crippen molar-refractivity contribution in [2.45, 2.75) is 31.2 Å². The maximum absolute atomic E-state index is 13.0. The minimum Gasteiger partial charge on any atom is -0.482 e. The monoisotopic (exact) mass is 552 g/mol. The predicted octanol–water partition coefficient (Wildman–Crippen LogP) is 2.55. The van der Waals surface area contributed by atoms with Crippen LogP contribution >= 0.6 is 0 Å². The van der Waals surface area contributed by atoms with Gasteiger partial charge in [-0.2, -0.15) is 18.2 Å². The summed E-state index contributed by atoms with van der Waals surface area (Å²) in [5, 5.41) is 9.78. The summed E-state index contributed by atoms with van der Waals surface area (Å²) in [5.41, 5.74) is 4.76. The van der Waals surface area contributed by atoms with Gasteiger partial charge in [0.05, 0.1) is 19.0 Å². The molecule has 15 heteroatoms. The van der Waals surface area contributed by atoms with Gasteiger partial charge in [-0.1, -0.05) is 24.3 Å². The number of aliphatic imine (C=N–C) groups is 1. The first-order valence-electron chi connectivity index (χ1n) is 12.0. The number of benzene rings is 1. The maximum Gasteiger partial charge on any atom is 0.434 e. The minimum absolute atomic E-state index is 0.0504. The fraction of sp³-hybridized carbons (Fsp3) is 0.360. The number of methoxy groups -OCH3 is 1. The lowest BCUT2D eigenvalue weighted by atomic mass is 9.76. The number of aryl methyl sites for hydroxylation is 1. The number of halogens is 3. The Morgan fingerprint density at radius 2 is 1.88 bits per heavy atom. The molecule has 1 aromatic carbocycles. The Morgan fingerprint density at radius 1 is 1.20 bits per heavy atom. The lowest BCUT2D eigenvalue weighted by Crippen LogP contribution is -2.36. The number of allylic oxidation sites excluding steroid dienone is 1. The van der Waals surface area contributed by atoms with Gasteiger partial charge in [0.2, 0.25) is 5.75 Å². The Balaban J connectivity index is 1.62. The molecule has 3 N–H and O–H groups in total. The fourth-order valence-electron chi connectivity index (χ4n) is 3.91. The van der Waals surface area contributed by atoms with Gasteiger partial charge in [-0.05, 0) is 18.4 Å². The van der Waals surface area contributed by atoms with Crippen LogP contribution in [0.1, 0.15) is 29.9 Å². The molecule has 4 radical (unpaired) electrons. The molecule has 0 atom stereocenters. The normalized spacial score (nSPS) is 15.0. The molecule has 4 rings (SSSR count). The number of imidazole rings is 1. The summed E-state index contributed by atoms with van der Waals surface area (Å²) in [5.74, 6) is 0.255. The molecule has 1 saturated carbocycles. The molecule has 1 aliphatic rings. The quantitative estimate of drug-likeness (QED) is 0.170. The summed E-state index contributed by atoms with van der Waals surface area (Å²) in [6.45, 7) is -0.0504. The Hall–Kier alpha value is -4.00. The molecule has 1 fully saturated rings. The summed E-state index contributed by atoms with van der Waals surface area (Å²) < 4.78 is 56.7. The second kappa shape index (κ2) is 11.2. The van der Waals surface area contributed by atoms with Gasteiger partial charge in [0.25, 0.3) is 5.88 Å². The van der Waals surface area contributed by atoms with Gasteiger partial charge in [0.1, 0.15) is 23.6 Å². The van der Waals surface area contributed by atoms with Gasteiger partial charge >= 0.3 is 6.18 Å².